The summed E-state index contributed by atoms with van der Waals surface area (Å²) < 4.78 is 11.4. The van der Waals surface area contributed by atoms with E-state index in [1.165, 1.54) is 4.90 Å². The monoisotopic (exact) mass is 522 g/mol. The highest BCUT2D eigenvalue weighted by molar-refractivity contribution is 8.18. The van der Waals surface area contributed by atoms with Crippen LogP contribution >= 0.6 is 23.4 Å². The molecule has 0 aromatic heterocycles. The summed E-state index contributed by atoms with van der Waals surface area (Å²) in [7, 11) is 0. The van der Waals surface area contributed by atoms with Crippen molar-refractivity contribution in [3.8, 4) is 11.5 Å². The molecule has 0 aliphatic carbocycles. The Kier molecular flexibility index (Phi) is 8.30. The standard InChI is InChI=1S/C27H23ClN2O5S/c1-2-34-23-14-19(8-13-22(23)35-17-25(31)29-21-11-9-20(28)10-12-21)15-24-26(32)30(27(33)36-24)16-18-6-4-3-5-7-18/h3-15H,2,16-17H2,1H3,(H,29,31)/b24-15-. The van der Waals surface area contributed by atoms with Crippen molar-refractivity contribution in [1.29, 1.82) is 0 Å². The average Bonchev–Trinajstić information content (AvgIpc) is 3.13. The molecule has 3 aromatic carbocycles. The molecule has 1 aliphatic rings. The fraction of sp³-hybridized carbons (Fsp3) is 0.148. The van der Waals surface area contributed by atoms with Gasteiger partial charge in [0, 0.05) is 10.7 Å². The number of carbonyl (C=O) groups is 3. The molecule has 3 aromatic rings. The SMILES string of the molecule is CCOc1cc(/C=C2\SC(=O)N(Cc3ccccc3)C2=O)ccc1OCC(=O)Nc1ccc(Cl)cc1. The Morgan fingerprint density at radius 1 is 1.00 bits per heavy atom. The lowest BCUT2D eigenvalue weighted by Gasteiger charge is -2.13. The molecule has 1 fully saturated rings. The molecule has 184 valence electrons. The molecular formula is C27H23ClN2O5S. The van der Waals surface area contributed by atoms with Crippen molar-refractivity contribution >= 4 is 52.2 Å². The second kappa shape index (κ2) is 11.8. The van der Waals surface area contributed by atoms with Crippen LogP contribution in [0.1, 0.15) is 18.1 Å². The highest BCUT2D eigenvalue weighted by atomic mass is 35.5. The summed E-state index contributed by atoms with van der Waals surface area (Å²) in [5, 5.41) is 2.99. The number of nitrogens with one attached hydrogen (secondary N) is 1. The van der Waals surface area contributed by atoms with Gasteiger partial charge in [-0.05, 0) is 72.3 Å². The molecule has 0 radical (unpaired) electrons. The fourth-order valence-corrected chi connectivity index (χ4v) is 4.39. The first-order chi connectivity index (χ1) is 17.4. The van der Waals surface area contributed by atoms with Crippen LogP contribution in [0.4, 0.5) is 10.5 Å². The number of hydrogen-bond donors (Lipinski definition) is 1. The zero-order valence-electron chi connectivity index (χ0n) is 19.4. The van der Waals surface area contributed by atoms with E-state index < -0.39 is 0 Å². The quantitative estimate of drug-likeness (QED) is 0.347. The Bertz CT molecular complexity index is 1300. The summed E-state index contributed by atoms with van der Waals surface area (Å²) in [6.45, 7) is 2.21. The van der Waals surface area contributed by atoms with Crippen LogP contribution in [0, 0.1) is 0 Å². The van der Waals surface area contributed by atoms with Crippen molar-refractivity contribution < 1.29 is 23.9 Å². The second-order valence-corrected chi connectivity index (χ2v) is 9.17. The van der Waals surface area contributed by atoms with E-state index in [4.69, 9.17) is 21.1 Å². The molecule has 0 unspecified atom stereocenters. The van der Waals surface area contributed by atoms with Crippen molar-refractivity contribution in [2.24, 2.45) is 0 Å². The van der Waals surface area contributed by atoms with Crippen LogP contribution in [-0.4, -0.2) is 35.2 Å². The van der Waals surface area contributed by atoms with Crippen LogP contribution in [0.15, 0.2) is 77.7 Å². The molecule has 0 saturated carbocycles. The average molecular weight is 523 g/mol. The third-order valence-electron chi connectivity index (χ3n) is 5.11. The van der Waals surface area contributed by atoms with E-state index in [2.05, 4.69) is 5.32 Å². The maximum absolute atomic E-state index is 12.9. The number of anilines is 1. The Balaban J connectivity index is 1.43. The summed E-state index contributed by atoms with van der Waals surface area (Å²) in [6.07, 6.45) is 1.65. The summed E-state index contributed by atoms with van der Waals surface area (Å²) in [4.78, 5) is 39.1. The van der Waals surface area contributed by atoms with E-state index in [9.17, 15) is 14.4 Å². The summed E-state index contributed by atoms with van der Waals surface area (Å²) in [5.41, 5.74) is 2.15. The van der Waals surface area contributed by atoms with Crippen LogP contribution in [0.25, 0.3) is 6.08 Å². The van der Waals surface area contributed by atoms with Gasteiger partial charge < -0.3 is 14.8 Å². The van der Waals surface area contributed by atoms with Gasteiger partial charge in [0.1, 0.15) is 0 Å². The minimum atomic E-state index is -0.342. The maximum Gasteiger partial charge on any atom is 0.293 e. The first-order valence-corrected chi connectivity index (χ1v) is 12.4. The molecule has 7 nitrogen and oxygen atoms in total. The van der Waals surface area contributed by atoms with E-state index in [0.717, 1.165) is 17.3 Å². The van der Waals surface area contributed by atoms with Gasteiger partial charge in [0.05, 0.1) is 18.1 Å². The van der Waals surface area contributed by atoms with Gasteiger partial charge in [-0.15, -0.1) is 0 Å². The summed E-state index contributed by atoms with van der Waals surface area (Å²) in [5.74, 6) is 0.133. The summed E-state index contributed by atoms with van der Waals surface area (Å²) in [6, 6.07) is 21.2. The van der Waals surface area contributed by atoms with E-state index in [-0.39, 0.29) is 30.2 Å². The molecule has 1 saturated heterocycles. The maximum atomic E-state index is 12.9. The highest BCUT2D eigenvalue weighted by Gasteiger charge is 2.35. The predicted octanol–water partition coefficient (Wildman–Crippen LogP) is 5.99. The predicted molar refractivity (Wildman–Crippen MR) is 141 cm³/mol. The summed E-state index contributed by atoms with van der Waals surface area (Å²) >= 11 is 6.76. The van der Waals surface area contributed by atoms with Gasteiger partial charge in [0.2, 0.25) is 0 Å². The first-order valence-electron chi connectivity index (χ1n) is 11.2. The topological polar surface area (TPSA) is 84.9 Å². The van der Waals surface area contributed by atoms with Crippen molar-refractivity contribution in [3.05, 3.63) is 93.9 Å². The molecule has 9 heteroatoms. The third-order valence-corrected chi connectivity index (χ3v) is 6.27. The minimum absolute atomic E-state index is 0.220. The number of imide groups is 1. The Morgan fingerprint density at radius 2 is 1.75 bits per heavy atom. The largest absolute Gasteiger partial charge is 0.490 e. The van der Waals surface area contributed by atoms with Crippen LogP contribution in [0.2, 0.25) is 5.02 Å². The molecular weight excluding hydrogens is 500 g/mol. The number of amides is 3. The molecule has 1 N–H and O–H groups in total. The van der Waals surface area contributed by atoms with Crippen LogP contribution < -0.4 is 14.8 Å². The van der Waals surface area contributed by atoms with Gasteiger partial charge in [0.25, 0.3) is 17.1 Å². The van der Waals surface area contributed by atoms with E-state index in [1.54, 1.807) is 48.5 Å². The van der Waals surface area contributed by atoms with Crippen molar-refractivity contribution in [2.45, 2.75) is 13.5 Å². The van der Waals surface area contributed by atoms with Crippen molar-refractivity contribution in [1.82, 2.24) is 4.90 Å². The van der Waals surface area contributed by atoms with Gasteiger partial charge in [-0.3, -0.25) is 19.3 Å². The highest BCUT2D eigenvalue weighted by Crippen LogP contribution is 2.35. The zero-order chi connectivity index (χ0) is 25.5. The number of halogens is 1. The Morgan fingerprint density at radius 3 is 2.47 bits per heavy atom. The number of rotatable bonds is 9. The fourth-order valence-electron chi connectivity index (χ4n) is 3.43. The molecule has 0 spiro atoms. The lowest BCUT2D eigenvalue weighted by molar-refractivity contribution is -0.123. The molecule has 0 bridgehead atoms. The van der Waals surface area contributed by atoms with Gasteiger partial charge in [-0.2, -0.15) is 0 Å². The van der Waals surface area contributed by atoms with Gasteiger partial charge >= 0.3 is 0 Å². The lowest BCUT2D eigenvalue weighted by atomic mass is 10.1. The zero-order valence-corrected chi connectivity index (χ0v) is 21.0. The van der Waals surface area contributed by atoms with E-state index in [1.807, 2.05) is 37.3 Å². The molecule has 1 heterocycles. The van der Waals surface area contributed by atoms with Crippen LogP contribution in [0.3, 0.4) is 0 Å². The van der Waals surface area contributed by atoms with Crippen molar-refractivity contribution in [3.63, 3.8) is 0 Å². The minimum Gasteiger partial charge on any atom is -0.490 e. The number of hydrogen-bond acceptors (Lipinski definition) is 6. The molecule has 36 heavy (non-hydrogen) atoms. The van der Waals surface area contributed by atoms with Crippen molar-refractivity contribution in [2.75, 3.05) is 18.5 Å². The van der Waals surface area contributed by atoms with Crippen LogP contribution in [-0.2, 0) is 16.1 Å². The lowest BCUT2D eigenvalue weighted by Crippen LogP contribution is -2.27. The molecule has 1 aliphatic heterocycles. The number of thioether (sulfide) groups is 1. The Hall–Kier alpha value is -3.75. The molecule has 0 atom stereocenters. The number of carbonyl (C=O) groups excluding carboxylic acids is 3. The number of nitrogens with zero attached hydrogens (tertiary/aromatic N) is 1. The van der Waals surface area contributed by atoms with E-state index in [0.29, 0.717) is 39.3 Å². The Labute approximate surface area is 218 Å². The number of ether oxygens (including phenoxy) is 2. The third kappa shape index (κ3) is 6.47. The van der Waals surface area contributed by atoms with Gasteiger partial charge in [0.15, 0.2) is 18.1 Å². The first kappa shape index (κ1) is 25.3. The molecule has 4 rings (SSSR count). The van der Waals surface area contributed by atoms with Gasteiger partial charge in [-0.25, -0.2) is 0 Å². The normalized spacial score (nSPS) is 14.3. The van der Waals surface area contributed by atoms with E-state index >= 15 is 0 Å². The molecule has 3 amide bonds. The second-order valence-electron chi connectivity index (χ2n) is 7.74. The smallest absolute Gasteiger partial charge is 0.293 e. The van der Waals surface area contributed by atoms with Crippen LogP contribution in [0.5, 0.6) is 11.5 Å². The number of benzene rings is 3. The van der Waals surface area contributed by atoms with Gasteiger partial charge in [-0.1, -0.05) is 48.0 Å².